The molecule has 2 unspecified atom stereocenters. The molecule has 5 amide bonds. The van der Waals surface area contributed by atoms with Crippen LogP contribution in [0, 0.1) is 0 Å². The Bertz CT molecular complexity index is 2120. The van der Waals surface area contributed by atoms with E-state index >= 15 is 0 Å². The number of ether oxygens (including phenoxy) is 4. The van der Waals surface area contributed by atoms with Gasteiger partial charge >= 0.3 is 0 Å². The lowest BCUT2D eigenvalue weighted by molar-refractivity contribution is -0.136. The molecule has 0 spiro atoms. The van der Waals surface area contributed by atoms with Gasteiger partial charge in [-0.3, -0.25) is 34.2 Å². The number of rotatable bonds is 20. The fourth-order valence-corrected chi connectivity index (χ4v) is 7.68. The fraction of sp³-hybridized carbons (Fsp3) is 0.429. The van der Waals surface area contributed by atoms with E-state index in [1.165, 1.54) is 5.56 Å². The summed E-state index contributed by atoms with van der Waals surface area (Å²) in [5.74, 6) is -2.20. The molecule has 3 aromatic carbocycles. The Labute approximate surface area is 335 Å². The van der Waals surface area contributed by atoms with Crippen molar-refractivity contribution in [1.82, 2.24) is 24.9 Å². The largest absolute Gasteiger partial charge is 0.382 e. The molecule has 58 heavy (non-hydrogen) atoms. The van der Waals surface area contributed by atoms with Crippen molar-refractivity contribution in [2.45, 2.75) is 37.6 Å². The number of carbonyl (C=O) groups excluding carboxylic acids is 5. The van der Waals surface area contributed by atoms with Crippen LogP contribution in [0.5, 0.6) is 0 Å². The van der Waals surface area contributed by atoms with E-state index in [9.17, 15) is 24.0 Å². The van der Waals surface area contributed by atoms with Crippen molar-refractivity contribution < 1.29 is 42.9 Å². The van der Waals surface area contributed by atoms with Crippen LogP contribution in [0.1, 0.15) is 68.2 Å². The van der Waals surface area contributed by atoms with Gasteiger partial charge in [0.15, 0.2) is 0 Å². The van der Waals surface area contributed by atoms with Gasteiger partial charge in [0.1, 0.15) is 11.6 Å². The van der Waals surface area contributed by atoms with Gasteiger partial charge in [0.25, 0.3) is 17.7 Å². The molecule has 3 aliphatic heterocycles. The third-order valence-corrected chi connectivity index (χ3v) is 10.6. The highest BCUT2D eigenvalue weighted by Gasteiger charge is 2.45. The smallest absolute Gasteiger partial charge is 0.264 e. The van der Waals surface area contributed by atoms with Crippen LogP contribution in [0.2, 0.25) is 0 Å². The molecule has 0 bridgehead atoms. The number of nitrogens with zero attached hydrogens (tertiary/aromatic N) is 4. The van der Waals surface area contributed by atoms with Crippen molar-refractivity contribution in [3.05, 3.63) is 89.1 Å². The number of primary amides is 1. The number of aromatic nitrogens is 2. The maximum atomic E-state index is 13.2. The van der Waals surface area contributed by atoms with Gasteiger partial charge in [0, 0.05) is 43.3 Å². The first-order chi connectivity index (χ1) is 28.3. The first-order valence-corrected chi connectivity index (χ1v) is 19.8. The lowest BCUT2D eigenvalue weighted by Gasteiger charge is -2.33. The van der Waals surface area contributed by atoms with Crippen molar-refractivity contribution in [2.24, 2.45) is 5.73 Å². The summed E-state index contributed by atoms with van der Waals surface area (Å²) in [6, 6.07) is 17.8. The molecule has 0 saturated carbocycles. The Hall–Kier alpha value is -5.52. The topological polar surface area (TPSA) is 197 Å². The van der Waals surface area contributed by atoms with Crippen LogP contribution in [0.4, 0.5) is 5.69 Å². The number of imide groups is 2. The molecule has 306 valence electrons. The highest BCUT2D eigenvalue weighted by atomic mass is 16.6. The molecular weight excluding hydrogens is 747 g/mol. The number of amides is 5. The molecule has 2 saturated heterocycles. The van der Waals surface area contributed by atoms with Crippen LogP contribution >= 0.6 is 0 Å². The summed E-state index contributed by atoms with van der Waals surface area (Å²) in [5.41, 5.74) is 9.71. The number of carbonyl (C=O) groups is 5. The lowest BCUT2D eigenvalue weighted by Crippen LogP contribution is -2.54. The van der Waals surface area contributed by atoms with Gasteiger partial charge in [-0.1, -0.05) is 30.3 Å². The average Bonchev–Trinajstić information content (AvgIpc) is 3.78. The zero-order valence-electron chi connectivity index (χ0n) is 32.4. The van der Waals surface area contributed by atoms with Gasteiger partial charge in [0.2, 0.25) is 11.8 Å². The van der Waals surface area contributed by atoms with Crippen LogP contribution in [0.3, 0.4) is 0 Å². The number of hydrogen-bond acceptors (Lipinski definition) is 12. The second kappa shape index (κ2) is 19.3. The van der Waals surface area contributed by atoms with E-state index < -0.39 is 35.6 Å². The number of nitrogens with one attached hydrogen (secondary N) is 2. The van der Waals surface area contributed by atoms with E-state index in [4.69, 9.17) is 24.7 Å². The van der Waals surface area contributed by atoms with E-state index in [0.717, 1.165) is 48.4 Å². The Morgan fingerprint density at radius 1 is 0.828 bits per heavy atom. The average molecular weight is 796 g/mol. The summed E-state index contributed by atoms with van der Waals surface area (Å²) in [6.45, 7) is 6.93. The summed E-state index contributed by atoms with van der Waals surface area (Å²) < 4.78 is 24.5. The predicted octanol–water partition coefficient (Wildman–Crippen LogP) is 2.88. The lowest BCUT2D eigenvalue weighted by atomic mass is 9.90. The first kappa shape index (κ1) is 40.7. The molecule has 16 nitrogen and oxygen atoms in total. The molecule has 0 aliphatic carbocycles. The standard InChI is InChI=1S/C42H49N7O9/c43-39(51)33-7-1-4-30-27-48(46-38(30)33)31-11-9-28(10-12-31)29-5-3-16-47(26-29)17-19-56-21-23-58-25-24-57-22-20-55-18-15-44-34-8-2-6-32-37(34)42(54)49(41(32)53)35-13-14-36(50)45-40(35)52/h1-2,4,6-12,27,29,35,44H,3,5,13-26H2,(H2,43,51)(H,45,50,52). The zero-order valence-corrected chi connectivity index (χ0v) is 32.4. The second-order valence-electron chi connectivity index (χ2n) is 14.5. The number of hydrogen-bond donors (Lipinski definition) is 3. The Morgan fingerprint density at radius 2 is 1.53 bits per heavy atom. The number of piperidine rings is 2. The summed E-state index contributed by atoms with van der Waals surface area (Å²) in [6.07, 6.45) is 4.36. The van der Waals surface area contributed by atoms with Crippen LogP contribution in [0.25, 0.3) is 16.6 Å². The summed E-state index contributed by atoms with van der Waals surface area (Å²) in [4.78, 5) is 65.3. The highest BCUT2D eigenvalue weighted by molar-refractivity contribution is 6.25. The quantitative estimate of drug-likeness (QED) is 0.0876. The van der Waals surface area contributed by atoms with Crippen LogP contribution in [-0.4, -0.2) is 134 Å². The van der Waals surface area contributed by atoms with Crippen molar-refractivity contribution in [1.29, 1.82) is 0 Å². The minimum absolute atomic E-state index is 0.0664. The van der Waals surface area contributed by atoms with Crippen molar-refractivity contribution in [2.75, 3.05) is 84.4 Å². The molecule has 2 atom stereocenters. The first-order valence-electron chi connectivity index (χ1n) is 19.8. The Balaban J connectivity index is 0.709. The van der Waals surface area contributed by atoms with Crippen LogP contribution < -0.4 is 16.4 Å². The number of fused-ring (bicyclic) bond motifs is 2. The van der Waals surface area contributed by atoms with Crippen molar-refractivity contribution >= 4 is 46.1 Å². The third-order valence-electron chi connectivity index (χ3n) is 10.6. The van der Waals surface area contributed by atoms with E-state index in [2.05, 4.69) is 44.9 Å². The third kappa shape index (κ3) is 9.60. The van der Waals surface area contributed by atoms with Crippen LogP contribution in [0.15, 0.2) is 66.9 Å². The minimum atomic E-state index is -1.01. The zero-order chi connectivity index (χ0) is 40.4. The molecule has 0 radical (unpaired) electrons. The van der Waals surface area contributed by atoms with Gasteiger partial charge < -0.3 is 34.9 Å². The molecular formula is C42H49N7O9. The maximum absolute atomic E-state index is 13.2. The summed E-state index contributed by atoms with van der Waals surface area (Å²) in [7, 11) is 0. The SMILES string of the molecule is NC(=O)c1cccc2cn(-c3ccc(C4CCCN(CCOCCOCCOCCOCCNc5cccc6c5C(=O)N(C5CCC(=O)NC5=O)C6=O)C4)cc3)nc12. The maximum Gasteiger partial charge on any atom is 0.264 e. The molecule has 3 aliphatic rings. The summed E-state index contributed by atoms with van der Waals surface area (Å²) >= 11 is 0. The van der Waals surface area contributed by atoms with E-state index in [1.54, 1.807) is 28.9 Å². The van der Waals surface area contributed by atoms with Crippen LogP contribution in [-0.2, 0) is 28.5 Å². The van der Waals surface area contributed by atoms with Gasteiger partial charge in [-0.2, -0.15) is 5.10 Å². The molecule has 4 heterocycles. The molecule has 4 aromatic rings. The monoisotopic (exact) mass is 795 g/mol. The molecule has 16 heteroatoms. The Kier molecular flexibility index (Phi) is 13.5. The van der Waals surface area contributed by atoms with E-state index in [-0.39, 0.29) is 24.0 Å². The van der Waals surface area contributed by atoms with Gasteiger partial charge in [-0.05, 0) is 67.6 Å². The van der Waals surface area contributed by atoms with E-state index in [1.807, 2.05) is 18.3 Å². The van der Waals surface area contributed by atoms with Crippen molar-refractivity contribution in [3.8, 4) is 5.69 Å². The minimum Gasteiger partial charge on any atom is -0.382 e. The van der Waals surface area contributed by atoms with Gasteiger partial charge in [-0.15, -0.1) is 0 Å². The number of nitrogens with two attached hydrogens (primary N) is 1. The number of anilines is 1. The van der Waals surface area contributed by atoms with Gasteiger partial charge in [0.05, 0.1) is 75.2 Å². The normalized spacial score (nSPS) is 18.5. The number of benzene rings is 3. The fourth-order valence-electron chi connectivity index (χ4n) is 7.68. The molecule has 2 fully saturated rings. The number of likely N-dealkylation sites (tertiary alicyclic amines) is 1. The van der Waals surface area contributed by atoms with E-state index in [0.29, 0.717) is 82.1 Å². The van der Waals surface area contributed by atoms with Gasteiger partial charge in [-0.25, -0.2) is 4.68 Å². The molecule has 7 rings (SSSR count). The molecule has 4 N–H and O–H groups in total. The highest BCUT2D eigenvalue weighted by Crippen LogP contribution is 2.32. The summed E-state index contributed by atoms with van der Waals surface area (Å²) in [5, 5.41) is 10.8. The second-order valence-corrected chi connectivity index (χ2v) is 14.5. The molecule has 1 aromatic heterocycles. The van der Waals surface area contributed by atoms with Crippen molar-refractivity contribution in [3.63, 3.8) is 0 Å². The Morgan fingerprint density at radius 3 is 2.26 bits per heavy atom. The predicted molar refractivity (Wildman–Crippen MR) is 213 cm³/mol.